The molecule has 3 heterocycles. The Morgan fingerprint density at radius 3 is 2.84 bits per heavy atom. The molecule has 11 heteroatoms. The van der Waals surface area contributed by atoms with Gasteiger partial charge in [-0.3, -0.25) is 9.59 Å². The van der Waals surface area contributed by atoms with Crippen LogP contribution in [0.4, 0.5) is 9.93 Å². The molecule has 3 aliphatic rings. The predicted octanol–water partition coefficient (Wildman–Crippen LogP) is 2.75. The number of carbonyl (C=O) groups is 3. The van der Waals surface area contributed by atoms with E-state index < -0.39 is 11.9 Å². The molecule has 1 aliphatic carbocycles. The molecule has 1 saturated carbocycles. The Bertz CT molecular complexity index is 1270. The second-order valence-electron chi connectivity index (χ2n) is 8.05. The summed E-state index contributed by atoms with van der Waals surface area (Å²) in [7, 11) is 3.05. The fourth-order valence-corrected chi connectivity index (χ4v) is 5.47. The lowest BCUT2D eigenvalue weighted by molar-refractivity contribution is -0.407. The molecule has 4 amide bonds. The Morgan fingerprint density at radius 2 is 2.09 bits per heavy atom. The number of fused-ring (bicyclic) bond motifs is 2. The third-order valence-corrected chi connectivity index (χ3v) is 7.50. The van der Waals surface area contributed by atoms with Crippen LogP contribution in [0, 0.1) is 18.8 Å². The zero-order chi connectivity index (χ0) is 22.6. The molecule has 1 N–H and O–H groups in total. The lowest BCUT2D eigenvalue weighted by Gasteiger charge is -2.26. The van der Waals surface area contributed by atoms with Gasteiger partial charge in [-0.25, -0.2) is 14.8 Å². The molecule has 1 fully saturated rings. The van der Waals surface area contributed by atoms with Crippen LogP contribution in [0.5, 0.6) is 0 Å². The summed E-state index contributed by atoms with van der Waals surface area (Å²) in [4.78, 5) is 52.6. The Morgan fingerprint density at radius 1 is 1.31 bits per heavy atom. The van der Waals surface area contributed by atoms with Crippen molar-refractivity contribution in [3.63, 3.8) is 0 Å². The normalized spacial score (nSPS) is 21.0. The van der Waals surface area contributed by atoms with Crippen LogP contribution in [0.3, 0.4) is 0 Å². The van der Waals surface area contributed by atoms with Gasteiger partial charge in [0.2, 0.25) is 11.7 Å². The van der Waals surface area contributed by atoms with E-state index in [9.17, 15) is 14.4 Å². The van der Waals surface area contributed by atoms with Crippen LogP contribution in [0.15, 0.2) is 28.2 Å². The quantitative estimate of drug-likeness (QED) is 0.693. The van der Waals surface area contributed by atoms with Gasteiger partial charge in [-0.05, 0) is 37.5 Å². The number of anilines is 1. The molecular weight excluding hydrogens is 448 g/mol. The molecule has 2 aromatic rings. The summed E-state index contributed by atoms with van der Waals surface area (Å²) in [6, 6.07) is 5.53. The van der Waals surface area contributed by atoms with E-state index in [1.54, 1.807) is 7.05 Å². The highest BCUT2D eigenvalue weighted by Gasteiger charge is 2.50. The van der Waals surface area contributed by atoms with Crippen LogP contribution in [0.2, 0.25) is 0 Å². The zero-order valence-corrected chi connectivity index (χ0v) is 19.4. The van der Waals surface area contributed by atoms with Crippen molar-refractivity contribution in [3.05, 3.63) is 23.8 Å². The van der Waals surface area contributed by atoms with Crippen molar-refractivity contribution >= 4 is 73.0 Å². The van der Waals surface area contributed by atoms with Crippen LogP contribution < -0.4 is 5.32 Å². The fourth-order valence-electron chi connectivity index (χ4n) is 3.61. The van der Waals surface area contributed by atoms with Gasteiger partial charge in [0.15, 0.2) is 11.0 Å². The first kappa shape index (κ1) is 21.0. The number of thiazole rings is 1. The van der Waals surface area contributed by atoms with E-state index in [1.165, 1.54) is 34.7 Å². The maximum absolute atomic E-state index is 12.9. The number of hydrogen-bond acceptors (Lipinski definition) is 8. The van der Waals surface area contributed by atoms with Crippen molar-refractivity contribution in [1.29, 1.82) is 0 Å². The van der Waals surface area contributed by atoms with Gasteiger partial charge in [0.25, 0.3) is 5.84 Å². The third kappa shape index (κ3) is 3.75. The van der Waals surface area contributed by atoms with Crippen molar-refractivity contribution < 1.29 is 19.0 Å². The van der Waals surface area contributed by atoms with Crippen molar-refractivity contribution in [3.8, 4) is 0 Å². The van der Waals surface area contributed by atoms with Crippen molar-refractivity contribution in [1.82, 2.24) is 9.88 Å². The second kappa shape index (κ2) is 7.89. The highest BCUT2D eigenvalue weighted by atomic mass is 32.2. The molecule has 5 rings (SSSR count). The minimum absolute atomic E-state index is 0.0736. The van der Waals surface area contributed by atoms with Gasteiger partial charge in [0, 0.05) is 5.92 Å². The van der Waals surface area contributed by atoms with E-state index in [1.807, 2.05) is 25.1 Å². The zero-order valence-electron chi connectivity index (χ0n) is 17.8. The molecular formula is C21H21N6O3S2+. The summed E-state index contributed by atoms with van der Waals surface area (Å²) in [5.74, 6) is -0.0335. The van der Waals surface area contributed by atoms with Crippen molar-refractivity contribution in [2.45, 2.75) is 19.8 Å². The Balaban J connectivity index is 1.35. The van der Waals surface area contributed by atoms with E-state index in [2.05, 4.69) is 20.3 Å². The number of aryl methyl sites for hydroxylation is 1. The molecule has 1 aromatic carbocycles. The second-order valence-corrected chi connectivity index (χ2v) is 10.1. The first-order chi connectivity index (χ1) is 15.3. The summed E-state index contributed by atoms with van der Waals surface area (Å²) < 4.78 is 2.41. The minimum Gasteiger partial charge on any atom is -0.301 e. The molecule has 32 heavy (non-hydrogen) atoms. The van der Waals surface area contributed by atoms with Gasteiger partial charge >= 0.3 is 11.9 Å². The number of urea groups is 1. The van der Waals surface area contributed by atoms with Crippen LogP contribution in [0.25, 0.3) is 10.2 Å². The van der Waals surface area contributed by atoms with E-state index in [-0.39, 0.29) is 23.5 Å². The van der Waals surface area contributed by atoms with E-state index in [0.29, 0.717) is 21.8 Å². The summed E-state index contributed by atoms with van der Waals surface area (Å²) in [6.07, 6.45) is 1.97. The highest BCUT2D eigenvalue weighted by Crippen LogP contribution is 2.35. The predicted molar refractivity (Wildman–Crippen MR) is 126 cm³/mol. The number of aromatic nitrogens is 1. The largest absolute Gasteiger partial charge is 0.445 e. The molecule has 9 nitrogen and oxygen atoms in total. The third-order valence-electron chi connectivity index (χ3n) is 5.54. The Kier molecular flexibility index (Phi) is 5.17. The Labute approximate surface area is 192 Å². The van der Waals surface area contributed by atoms with Crippen LogP contribution in [0.1, 0.15) is 18.4 Å². The molecule has 1 unspecified atom stereocenters. The number of amides is 4. The average molecular weight is 470 g/mol. The number of aliphatic imine (C=N–C) groups is 2. The lowest BCUT2D eigenvalue weighted by Crippen LogP contribution is -2.54. The van der Waals surface area contributed by atoms with Gasteiger partial charge in [-0.15, -0.1) is 0 Å². The maximum Gasteiger partial charge on any atom is 0.445 e. The molecule has 2 aliphatic heterocycles. The molecule has 0 spiro atoms. The molecule has 0 bridgehead atoms. The molecule has 1 aromatic heterocycles. The van der Waals surface area contributed by atoms with Crippen LogP contribution in [-0.4, -0.2) is 68.9 Å². The number of benzene rings is 1. The first-order valence-electron chi connectivity index (χ1n) is 10.2. The molecule has 0 radical (unpaired) electrons. The van der Waals surface area contributed by atoms with Gasteiger partial charge in [0.1, 0.15) is 5.04 Å². The number of amidine groups is 2. The standard InChI is InChI=1S/C21H20N6O3S2/c1-10-4-7-12-13(8-10)32-20(22-12)23-14(28)9-31-18-15-17(24-16(25-18)11-5-6-11)26(2)21(30)27(3)19(15)29/h4,7-8,11,15H,5-6,9H2,1-3H3/p+1. The average Bonchev–Trinajstić information content (AvgIpc) is 3.55. The summed E-state index contributed by atoms with van der Waals surface area (Å²) in [5.41, 5.74) is 1.98. The van der Waals surface area contributed by atoms with E-state index in [4.69, 9.17) is 0 Å². The summed E-state index contributed by atoms with van der Waals surface area (Å²) >= 11 is 2.63. The number of carbonyl (C=O) groups excluding carboxylic acids is 3. The van der Waals surface area contributed by atoms with Crippen LogP contribution >= 0.6 is 23.1 Å². The molecule has 0 saturated heterocycles. The SMILES string of the molecule is Cc1ccc2nc(NC(=O)CSC3=NC(C4CC4)=NC4=[N+](C)C(=O)N(C)C(=O)C34)sc2c1. The number of thioether (sulfide) groups is 1. The van der Waals surface area contributed by atoms with Crippen LogP contribution in [-0.2, 0) is 9.59 Å². The number of imide groups is 1. The number of hydrogen-bond donors (Lipinski definition) is 1. The number of nitrogens with one attached hydrogen (secondary N) is 1. The molecule has 1 atom stereocenters. The van der Waals surface area contributed by atoms with Gasteiger partial charge in [0.05, 0.1) is 30.1 Å². The topological polar surface area (TPSA) is 107 Å². The highest BCUT2D eigenvalue weighted by molar-refractivity contribution is 8.14. The fraction of sp³-hybridized carbons (Fsp3) is 0.381. The van der Waals surface area contributed by atoms with Gasteiger partial charge in [-0.2, -0.15) is 9.48 Å². The van der Waals surface area contributed by atoms with Crippen molar-refractivity contribution in [2.75, 3.05) is 25.2 Å². The monoisotopic (exact) mass is 469 g/mol. The van der Waals surface area contributed by atoms with E-state index >= 15 is 0 Å². The first-order valence-corrected chi connectivity index (χ1v) is 12.0. The smallest absolute Gasteiger partial charge is 0.301 e. The van der Waals surface area contributed by atoms with Gasteiger partial charge in [-0.1, -0.05) is 34.2 Å². The molecule has 164 valence electrons. The lowest BCUT2D eigenvalue weighted by atomic mass is 10.0. The Hall–Kier alpha value is -2.92. The van der Waals surface area contributed by atoms with Gasteiger partial charge < -0.3 is 5.32 Å². The summed E-state index contributed by atoms with van der Waals surface area (Å²) in [6.45, 7) is 2.01. The summed E-state index contributed by atoms with van der Waals surface area (Å²) in [5, 5.41) is 3.88. The number of nitrogens with zero attached hydrogens (tertiary/aromatic N) is 5. The maximum atomic E-state index is 12.9. The minimum atomic E-state index is -0.770. The van der Waals surface area contributed by atoms with Crippen molar-refractivity contribution in [2.24, 2.45) is 21.8 Å². The van der Waals surface area contributed by atoms with E-state index in [0.717, 1.165) is 33.5 Å². The number of rotatable bonds is 4.